The minimum absolute atomic E-state index is 0.760. The van der Waals surface area contributed by atoms with Gasteiger partial charge in [0.25, 0.3) is 0 Å². The van der Waals surface area contributed by atoms with Crippen LogP contribution in [0.5, 0.6) is 0 Å². The maximum absolute atomic E-state index is 3.53. The lowest BCUT2D eigenvalue weighted by atomic mass is 10.0. The van der Waals surface area contributed by atoms with Crippen molar-refractivity contribution >= 4 is 5.69 Å². The van der Waals surface area contributed by atoms with Crippen LogP contribution >= 0.6 is 0 Å². The van der Waals surface area contributed by atoms with Crippen LogP contribution in [0.15, 0.2) is 24.3 Å². The number of nitrogens with one attached hydrogen (secondary N) is 1. The van der Waals surface area contributed by atoms with Gasteiger partial charge in [-0.15, -0.1) is 0 Å². The molecule has 2 nitrogen and oxygen atoms in total. The molecule has 0 amide bonds. The lowest BCUT2D eigenvalue weighted by Gasteiger charge is -2.33. The quantitative estimate of drug-likeness (QED) is 0.859. The molecule has 17 heavy (non-hydrogen) atoms. The zero-order valence-corrected chi connectivity index (χ0v) is 10.7. The summed E-state index contributed by atoms with van der Waals surface area (Å²) in [5, 5.41) is 3.53. The molecule has 0 aromatic heterocycles. The van der Waals surface area contributed by atoms with E-state index in [-0.39, 0.29) is 0 Å². The lowest BCUT2D eigenvalue weighted by Crippen LogP contribution is -2.39. The normalized spacial score (nSPS) is 21.8. The minimum Gasteiger partial charge on any atom is -0.367 e. The number of benzene rings is 1. The maximum atomic E-state index is 3.53. The standard InChI is InChI=1S/C15H22N2/c1-2-14(12-7-8-12)17-10-9-16-11-13-5-3-4-6-15(13)17/h3-6,12,14,16H,2,7-11H2,1H3. The van der Waals surface area contributed by atoms with Crippen molar-refractivity contribution in [2.75, 3.05) is 18.0 Å². The van der Waals surface area contributed by atoms with E-state index < -0.39 is 0 Å². The Kier molecular flexibility index (Phi) is 3.06. The van der Waals surface area contributed by atoms with E-state index in [0.29, 0.717) is 0 Å². The second kappa shape index (κ2) is 4.69. The Labute approximate surface area is 104 Å². The third-order valence-corrected chi connectivity index (χ3v) is 4.13. The molecule has 1 aliphatic heterocycles. The van der Waals surface area contributed by atoms with Crippen molar-refractivity contribution in [2.24, 2.45) is 5.92 Å². The summed E-state index contributed by atoms with van der Waals surface area (Å²) >= 11 is 0. The van der Waals surface area contributed by atoms with Gasteiger partial charge in [0.05, 0.1) is 0 Å². The molecule has 92 valence electrons. The summed E-state index contributed by atoms with van der Waals surface area (Å²) in [5.41, 5.74) is 2.93. The zero-order valence-electron chi connectivity index (χ0n) is 10.7. The first kappa shape index (κ1) is 11.1. The number of nitrogens with zero attached hydrogens (tertiary/aromatic N) is 1. The van der Waals surface area contributed by atoms with Gasteiger partial charge in [-0.2, -0.15) is 0 Å². The fourth-order valence-corrected chi connectivity index (χ4v) is 3.12. The van der Waals surface area contributed by atoms with Crippen LogP contribution in [-0.4, -0.2) is 19.1 Å². The molecular weight excluding hydrogens is 208 g/mol. The Morgan fingerprint density at radius 1 is 1.35 bits per heavy atom. The van der Waals surface area contributed by atoms with E-state index in [9.17, 15) is 0 Å². The van der Waals surface area contributed by atoms with E-state index in [4.69, 9.17) is 0 Å². The van der Waals surface area contributed by atoms with Crippen molar-refractivity contribution in [3.05, 3.63) is 29.8 Å². The summed E-state index contributed by atoms with van der Waals surface area (Å²) < 4.78 is 0. The van der Waals surface area contributed by atoms with Crippen LogP contribution in [0.1, 0.15) is 31.7 Å². The summed E-state index contributed by atoms with van der Waals surface area (Å²) in [6.45, 7) is 5.63. The molecule has 1 fully saturated rings. The van der Waals surface area contributed by atoms with Crippen LogP contribution in [0.25, 0.3) is 0 Å². The SMILES string of the molecule is CCC(C1CC1)N1CCNCc2ccccc21. The highest BCUT2D eigenvalue weighted by atomic mass is 15.2. The van der Waals surface area contributed by atoms with Gasteiger partial charge in [0.15, 0.2) is 0 Å². The topological polar surface area (TPSA) is 15.3 Å². The number of rotatable bonds is 3. The number of hydrogen-bond donors (Lipinski definition) is 1. The minimum atomic E-state index is 0.760. The van der Waals surface area contributed by atoms with Crippen molar-refractivity contribution in [1.29, 1.82) is 0 Å². The Balaban J connectivity index is 1.92. The van der Waals surface area contributed by atoms with E-state index in [2.05, 4.69) is 41.4 Å². The van der Waals surface area contributed by atoms with Gasteiger partial charge < -0.3 is 10.2 Å². The van der Waals surface area contributed by atoms with Gasteiger partial charge in [-0.05, 0) is 36.8 Å². The van der Waals surface area contributed by atoms with E-state index >= 15 is 0 Å². The molecule has 2 heteroatoms. The first-order valence-electron chi connectivity index (χ1n) is 6.95. The first-order chi connectivity index (χ1) is 8.40. The van der Waals surface area contributed by atoms with Crippen LogP contribution in [0, 0.1) is 5.92 Å². The molecular formula is C15H22N2. The molecule has 0 spiro atoms. The maximum Gasteiger partial charge on any atom is 0.0414 e. The van der Waals surface area contributed by atoms with Crippen LogP contribution in [0.2, 0.25) is 0 Å². The molecule has 1 aromatic carbocycles. The molecule has 0 saturated heterocycles. The van der Waals surface area contributed by atoms with Gasteiger partial charge >= 0.3 is 0 Å². The van der Waals surface area contributed by atoms with Gasteiger partial charge in [0.1, 0.15) is 0 Å². The van der Waals surface area contributed by atoms with Gasteiger partial charge in [-0.25, -0.2) is 0 Å². The summed E-state index contributed by atoms with van der Waals surface area (Å²) in [6.07, 6.45) is 4.15. The van der Waals surface area contributed by atoms with Crippen LogP contribution in [-0.2, 0) is 6.54 Å². The van der Waals surface area contributed by atoms with Crippen molar-refractivity contribution in [3.63, 3.8) is 0 Å². The Hall–Kier alpha value is -1.02. The third-order valence-electron chi connectivity index (χ3n) is 4.13. The molecule has 1 N–H and O–H groups in total. The summed E-state index contributed by atoms with van der Waals surface area (Å²) in [4.78, 5) is 2.66. The van der Waals surface area contributed by atoms with E-state index in [0.717, 1.165) is 31.6 Å². The molecule has 1 saturated carbocycles. The predicted octanol–water partition coefficient (Wildman–Crippen LogP) is 2.78. The molecule has 0 bridgehead atoms. The van der Waals surface area contributed by atoms with Gasteiger partial charge in [0.2, 0.25) is 0 Å². The van der Waals surface area contributed by atoms with Gasteiger partial charge in [0, 0.05) is 31.4 Å². The second-order valence-electron chi connectivity index (χ2n) is 5.31. The first-order valence-corrected chi connectivity index (χ1v) is 6.95. The van der Waals surface area contributed by atoms with Crippen LogP contribution in [0.4, 0.5) is 5.69 Å². The Morgan fingerprint density at radius 3 is 2.94 bits per heavy atom. The average molecular weight is 230 g/mol. The van der Waals surface area contributed by atoms with Gasteiger partial charge in [-0.3, -0.25) is 0 Å². The fourth-order valence-electron chi connectivity index (χ4n) is 3.12. The smallest absolute Gasteiger partial charge is 0.0414 e. The molecule has 0 radical (unpaired) electrons. The summed E-state index contributed by atoms with van der Waals surface area (Å²) in [7, 11) is 0. The molecule has 1 atom stereocenters. The average Bonchev–Trinajstić information content (AvgIpc) is 3.18. The second-order valence-corrected chi connectivity index (χ2v) is 5.31. The van der Waals surface area contributed by atoms with Gasteiger partial charge in [-0.1, -0.05) is 25.1 Å². The van der Waals surface area contributed by atoms with E-state index in [1.807, 2.05) is 0 Å². The number of fused-ring (bicyclic) bond motifs is 1. The van der Waals surface area contributed by atoms with Crippen LogP contribution in [0.3, 0.4) is 0 Å². The van der Waals surface area contributed by atoms with Crippen molar-refractivity contribution in [2.45, 2.75) is 38.8 Å². The van der Waals surface area contributed by atoms with Crippen molar-refractivity contribution in [3.8, 4) is 0 Å². The Bertz CT molecular complexity index is 384. The van der Waals surface area contributed by atoms with E-state index in [1.54, 1.807) is 0 Å². The van der Waals surface area contributed by atoms with Crippen LogP contribution < -0.4 is 10.2 Å². The highest BCUT2D eigenvalue weighted by molar-refractivity contribution is 5.55. The molecule has 3 rings (SSSR count). The van der Waals surface area contributed by atoms with Crippen molar-refractivity contribution in [1.82, 2.24) is 5.32 Å². The number of hydrogen-bond acceptors (Lipinski definition) is 2. The predicted molar refractivity (Wildman–Crippen MR) is 72.3 cm³/mol. The summed E-state index contributed by atoms with van der Waals surface area (Å²) in [6, 6.07) is 9.66. The molecule has 2 aliphatic rings. The molecule has 1 unspecified atom stereocenters. The highest BCUT2D eigenvalue weighted by Gasteiger charge is 2.34. The fraction of sp³-hybridized carbons (Fsp3) is 0.600. The van der Waals surface area contributed by atoms with E-state index in [1.165, 1.54) is 30.5 Å². The summed E-state index contributed by atoms with van der Waals surface area (Å²) in [5.74, 6) is 0.950. The number of para-hydroxylation sites is 1. The highest BCUT2D eigenvalue weighted by Crippen LogP contribution is 2.39. The number of anilines is 1. The van der Waals surface area contributed by atoms with Crippen molar-refractivity contribution < 1.29 is 0 Å². The molecule has 1 aromatic rings. The monoisotopic (exact) mass is 230 g/mol. The Morgan fingerprint density at radius 2 is 2.18 bits per heavy atom. The molecule has 1 heterocycles. The zero-order chi connectivity index (χ0) is 11.7. The molecule has 1 aliphatic carbocycles. The largest absolute Gasteiger partial charge is 0.367 e. The lowest BCUT2D eigenvalue weighted by molar-refractivity contribution is 0.514. The third kappa shape index (κ3) is 2.19.